The maximum absolute atomic E-state index is 12.5. The number of benzene rings is 1. The van der Waals surface area contributed by atoms with E-state index >= 15 is 0 Å². The Labute approximate surface area is 138 Å². The van der Waals surface area contributed by atoms with Crippen LogP contribution in [0.15, 0.2) is 18.2 Å². The van der Waals surface area contributed by atoms with Crippen molar-refractivity contribution in [2.24, 2.45) is 0 Å². The zero-order valence-electron chi connectivity index (χ0n) is 14.2. The molecule has 1 amide bonds. The lowest BCUT2D eigenvalue weighted by molar-refractivity contribution is -0.118. The number of amides is 1. The number of likely N-dealkylation sites (N-methyl/N-ethyl adjacent to an activating group) is 1. The smallest absolute Gasteiger partial charge is 0.241 e. The van der Waals surface area contributed by atoms with Gasteiger partial charge >= 0.3 is 0 Å². The molecule has 5 nitrogen and oxygen atoms in total. The van der Waals surface area contributed by atoms with Crippen LogP contribution in [0.5, 0.6) is 11.5 Å². The van der Waals surface area contributed by atoms with Gasteiger partial charge in [0.15, 0.2) is 11.5 Å². The lowest BCUT2D eigenvalue weighted by atomic mass is 10.1. The van der Waals surface area contributed by atoms with E-state index in [4.69, 9.17) is 9.47 Å². The molecule has 2 N–H and O–H groups in total. The van der Waals surface area contributed by atoms with E-state index in [1.54, 1.807) is 0 Å². The molecule has 1 aromatic carbocycles. The summed E-state index contributed by atoms with van der Waals surface area (Å²) < 4.78 is 11.4. The Hall–Kier alpha value is -1.75. The Balaban J connectivity index is 2.03. The molecule has 23 heavy (non-hydrogen) atoms. The van der Waals surface area contributed by atoms with Crippen molar-refractivity contribution in [3.8, 4) is 11.5 Å². The highest BCUT2D eigenvalue weighted by atomic mass is 16.5. The second-order valence-electron chi connectivity index (χ2n) is 5.81. The fourth-order valence-corrected chi connectivity index (χ4v) is 2.60. The Morgan fingerprint density at radius 3 is 2.61 bits per heavy atom. The predicted octanol–water partition coefficient (Wildman–Crippen LogP) is 3.34. The van der Waals surface area contributed by atoms with Crippen molar-refractivity contribution in [1.82, 2.24) is 5.32 Å². The summed E-state index contributed by atoms with van der Waals surface area (Å²) in [5.41, 5.74) is 0.748. The molecule has 0 saturated heterocycles. The number of carbonyl (C=O) groups is 1. The Morgan fingerprint density at radius 2 is 1.91 bits per heavy atom. The molecule has 1 aliphatic heterocycles. The number of fused-ring (bicyclic) bond motifs is 1. The van der Waals surface area contributed by atoms with Crippen molar-refractivity contribution in [2.75, 3.05) is 25.1 Å². The molecule has 2 rings (SSSR count). The van der Waals surface area contributed by atoms with Crippen molar-refractivity contribution in [3.05, 3.63) is 18.2 Å². The second kappa shape index (κ2) is 9.40. The number of hydrogen-bond donors (Lipinski definition) is 2. The van der Waals surface area contributed by atoms with Crippen LogP contribution in [0.1, 0.15) is 46.0 Å². The van der Waals surface area contributed by atoms with E-state index in [1.807, 2.05) is 25.1 Å². The average Bonchev–Trinajstić information content (AvgIpc) is 2.52. The number of ether oxygens (including phenoxy) is 2. The molecule has 0 fully saturated rings. The molecule has 0 bridgehead atoms. The fraction of sp³-hybridized carbons (Fsp3) is 0.611. The molecule has 1 heterocycles. The lowest BCUT2D eigenvalue weighted by Crippen LogP contribution is -2.40. The summed E-state index contributed by atoms with van der Waals surface area (Å²) in [6.07, 6.45) is 4.95. The first kappa shape index (κ1) is 17.6. The van der Waals surface area contributed by atoms with Gasteiger partial charge in [-0.15, -0.1) is 0 Å². The number of rotatable bonds is 7. The molecule has 0 saturated carbocycles. The van der Waals surface area contributed by atoms with Gasteiger partial charge in [0.25, 0.3) is 0 Å². The topological polar surface area (TPSA) is 59.6 Å². The third kappa shape index (κ3) is 5.43. The van der Waals surface area contributed by atoms with Gasteiger partial charge in [0.1, 0.15) is 0 Å². The molecular weight excluding hydrogens is 292 g/mol. The van der Waals surface area contributed by atoms with Crippen molar-refractivity contribution in [3.63, 3.8) is 0 Å². The van der Waals surface area contributed by atoms with E-state index < -0.39 is 0 Å². The average molecular weight is 320 g/mol. The maximum atomic E-state index is 12.5. The van der Waals surface area contributed by atoms with Crippen LogP contribution in [0.3, 0.4) is 0 Å². The van der Waals surface area contributed by atoms with Gasteiger partial charge in [-0.25, -0.2) is 0 Å². The van der Waals surface area contributed by atoms with Crippen molar-refractivity contribution >= 4 is 11.6 Å². The van der Waals surface area contributed by atoms with Crippen molar-refractivity contribution < 1.29 is 14.3 Å². The van der Waals surface area contributed by atoms with E-state index in [2.05, 4.69) is 17.6 Å². The molecule has 128 valence electrons. The zero-order valence-corrected chi connectivity index (χ0v) is 14.2. The normalized spacial score (nSPS) is 15.4. The highest BCUT2D eigenvalue weighted by molar-refractivity contribution is 5.95. The number of unbranched alkanes of at least 4 members (excludes halogenated alkanes) is 1. The fourth-order valence-electron chi connectivity index (χ4n) is 2.60. The van der Waals surface area contributed by atoms with Gasteiger partial charge in [-0.05, 0) is 37.9 Å². The van der Waals surface area contributed by atoms with Crippen molar-refractivity contribution in [2.45, 2.75) is 52.0 Å². The minimum absolute atomic E-state index is 0.00649. The summed E-state index contributed by atoms with van der Waals surface area (Å²) in [7, 11) is 0. The van der Waals surface area contributed by atoms with E-state index in [-0.39, 0.29) is 11.9 Å². The van der Waals surface area contributed by atoms with E-state index in [9.17, 15) is 4.79 Å². The standard InChI is InChI=1S/C18H28N2O3/c1-3-5-8-15(19-4-2)18(21)20-14-9-10-16-17(13-14)23-12-7-6-11-22-16/h9-10,13,15,19H,3-8,11-12H2,1-2H3,(H,20,21). The van der Waals surface area contributed by atoms with E-state index in [0.717, 1.165) is 50.1 Å². The van der Waals surface area contributed by atoms with Gasteiger partial charge in [-0.3, -0.25) is 4.79 Å². The van der Waals surface area contributed by atoms with Gasteiger partial charge in [-0.1, -0.05) is 26.7 Å². The molecule has 1 unspecified atom stereocenters. The maximum Gasteiger partial charge on any atom is 0.241 e. The van der Waals surface area contributed by atoms with Crippen LogP contribution in [0.2, 0.25) is 0 Å². The first-order chi connectivity index (χ1) is 11.2. The summed E-state index contributed by atoms with van der Waals surface area (Å²) in [6, 6.07) is 5.43. The lowest BCUT2D eigenvalue weighted by Gasteiger charge is -2.19. The third-order valence-corrected chi connectivity index (χ3v) is 3.88. The molecule has 5 heteroatoms. The van der Waals surface area contributed by atoms with Crippen LogP contribution in [-0.2, 0) is 4.79 Å². The highest BCUT2D eigenvalue weighted by Crippen LogP contribution is 2.32. The zero-order chi connectivity index (χ0) is 16.5. The minimum atomic E-state index is -0.154. The van der Waals surface area contributed by atoms with Crippen molar-refractivity contribution in [1.29, 1.82) is 0 Å². The van der Waals surface area contributed by atoms with Gasteiger partial charge < -0.3 is 20.1 Å². The van der Waals surface area contributed by atoms with E-state index in [0.29, 0.717) is 19.0 Å². The first-order valence-corrected chi connectivity index (χ1v) is 8.68. The summed E-state index contributed by atoms with van der Waals surface area (Å²) in [5, 5.41) is 6.23. The van der Waals surface area contributed by atoms with Gasteiger partial charge in [0, 0.05) is 11.8 Å². The van der Waals surface area contributed by atoms with Crippen LogP contribution < -0.4 is 20.1 Å². The molecule has 0 aliphatic carbocycles. The quantitative estimate of drug-likeness (QED) is 0.809. The minimum Gasteiger partial charge on any atom is -0.490 e. The molecule has 0 spiro atoms. The van der Waals surface area contributed by atoms with Gasteiger partial charge in [-0.2, -0.15) is 0 Å². The largest absolute Gasteiger partial charge is 0.490 e. The van der Waals surface area contributed by atoms with Gasteiger partial charge in [0.2, 0.25) is 5.91 Å². The Kier molecular flexibility index (Phi) is 7.20. The Morgan fingerprint density at radius 1 is 1.17 bits per heavy atom. The van der Waals surface area contributed by atoms with Gasteiger partial charge in [0.05, 0.1) is 19.3 Å². The SMILES string of the molecule is CCCCC(NCC)C(=O)Nc1ccc2c(c1)OCCCCO2. The molecule has 1 atom stereocenters. The second-order valence-corrected chi connectivity index (χ2v) is 5.81. The van der Waals surface area contributed by atoms with Crippen LogP contribution in [0.25, 0.3) is 0 Å². The number of hydrogen-bond acceptors (Lipinski definition) is 4. The first-order valence-electron chi connectivity index (χ1n) is 8.68. The number of carbonyl (C=O) groups excluding carboxylic acids is 1. The van der Waals surface area contributed by atoms with Crippen LogP contribution >= 0.6 is 0 Å². The summed E-state index contributed by atoms with van der Waals surface area (Å²) in [6.45, 7) is 6.32. The highest BCUT2D eigenvalue weighted by Gasteiger charge is 2.18. The molecule has 0 radical (unpaired) electrons. The molecule has 0 aromatic heterocycles. The molecule has 1 aliphatic rings. The number of nitrogens with one attached hydrogen (secondary N) is 2. The summed E-state index contributed by atoms with van der Waals surface area (Å²) in [5.74, 6) is 1.46. The third-order valence-electron chi connectivity index (χ3n) is 3.88. The predicted molar refractivity (Wildman–Crippen MR) is 92.3 cm³/mol. The van der Waals surface area contributed by atoms with Crippen LogP contribution in [0.4, 0.5) is 5.69 Å². The summed E-state index contributed by atoms with van der Waals surface area (Å²) in [4.78, 5) is 12.5. The van der Waals surface area contributed by atoms with Crippen LogP contribution in [-0.4, -0.2) is 31.7 Å². The van der Waals surface area contributed by atoms with E-state index in [1.165, 1.54) is 0 Å². The molecule has 1 aromatic rings. The Bertz CT molecular complexity index is 505. The van der Waals surface area contributed by atoms with Crippen LogP contribution in [0, 0.1) is 0 Å². The monoisotopic (exact) mass is 320 g/mol. The molecular formula is C18H28N2O3. The number of anilines is 1. The summed E-state index contributed by atoms with van der Waals surface area (Å²) >= 11 is 0.